The van der Waals surface area contributed by atoms with Crippen molar-refractivity contribution < 1.29 is 27.5 Å². The van der Waals surface area contributed by atoms with Crippen molar-refractivity contribution in [1.29, 1.82) is 0 Å². The number of anilines is 1. The van der Waals surface area contributed by atoms with Gasteiger partial charge in [0.25, 0.3) is 0 Å². The van der Waals surface area contributed by atoms with Crippen molar-refractivity contribution in [3.63, 3.8) is 0 Å². The Morgan fingerprint density at radius 1 is 1.13 bits per heavy atom. The monoisotopic (exact) mass is 432 g/mol. The van der Waals surface area contributed by atoms with E-state index in [0.29, 0.717) is 11.3 Å². The van der Waals surface area contributed by atoms with Gasteiger partial charge in [0.05, 0.1) is 12.1 Å². The van der Waals surface area contributed by atoms with Crippen LogP contribution in [0, 0.1) is 0 Å². The van der Waals surface area contributed by atoms with Crippen LogP contribution in [0.5, 0.6) is 5.75 Å². The predicted octanol–water partition coefficient (Wildman–Crippen LogP) is 3.42. The highest BCUT2D eigenvalue weighted by Gasteiger charge is 2.31. The Labute approximate surface area is 175 Å². The molecule has 7 nitrogen and oxygen atoms in total. The van der Waals surface area contributed by atoms with E-state index in [1.165, 1.54) is 19.1 Å². The van der Waals surface area contributed by atoms with Gasteiger partial charge in [-0.05, 0) is 30.2 Å². The third-order valence-electron chi connectivity index (χ3n) is 4.48. The van der Waals surface area contributed by atoms with Crippen LogP contribution in [0.1, 0.15) is 12.5 Å². The maximum absolute atomic E-state index is 13.0. The van der Waals surface area contributed by atoms with E-state index in [0.717, 1.165) is 22.6 Å². The molecular weight excluding hydrogens is 413 g/mol. The standard InChI is InChI=1S/C21H19F3N4O3/c1-13(20(25)30)28(18-12-17(26-27-18)15-5-3-2-4-6-15)19(29)11-14-7-9-16(10-8-14)31-21(22,23)24/h2-10,12-13H,11H2,1H3,(H2,25,30)(H,26,27). The molecule has 3 N–H and O–H groups in total. The summed E-state index contributed by atoms with van der Waals surface area (Å²) in [5, 5.41) is 6.97. The number of H-pyrrole nitrogens is 1. The first-order chi connectivity index (χ1) is 14.6. The van der Waals surface area contributed by atoms with E-state index in [-0.39, 0.29) is 12.2 Å². The molecule has 2 amide bonds. The molecule has 0 bridgehead atoms. The van der Waals surface area contributed by atoms with E-state index < -0.39 is 30.0 Å². The number of alkyl halides is 3. The molecule has 0 aliphatic rings. The summed E-state index contributed by atoms with van der Waals surface area (Å²) in [6.45, 7) is 1.47. The lowest BCUT2D eigenvalue weighted by Gasteiger charge is -2.25. The Morgan fingerprint density at radius 3 is 2.35 bits per heavy atom. The van der Waals surface area contributed by atoms with E-state index >= 15 is 0 Å². The summed E-state index contributed by atoms with van der Waals surface area (Å²) in [5.74, 6) is -1.42. The molecule has 0 aliphatic heterocycles. The molecule has 0 saturated heterocycles. The zero-order chi connectivity index (χ0) is 22.6. The molecule has 0 radical (unpaired) electrons. The van der Waals surface area contributed by atoms with E-state index in [1.54, 1.807) is 6.07 Å². The van der Waals surface area contributed by atoms with Crippen LogP contribution in [0.3, 0.4) is 0 Å². The van der Waals surface area contributed by atoms with Crippen LogP contribution in [0.25, 0.3) is 11.3 Å². The van der Waals surface area contributed by atoms with Crippen molar-refractivity contribution in [2.24, 2.45) is 5.73 Å². The van der Waals surface area contributed by atoms with Crippen LogP contribution in [0.4, 0.5) is 19.0 Å². The quantitative estimate of drug-likeness (QED) is 0.597. The molecule has 10 heteroatoms. The molecule has 2 aromatic carbocycles. The van der Waals surface area contributed by atoms with Crippen molar-refractivity contribution in [3.8, 4) is 17.0 Å². The minimum absolute atomic E-state index is 0.183. The number of nitrogens with two attached hydrogens (primary N) is 1. The highest BCUT2D eigenvalue weighted by molar-refractivity contribution is 6.00. The van der Waals surface area contributed by atoms with Crippen molar-refractivity contribution in [3.05, 3.63) is 66.2 Å². The number of rotatable bonds is 7. The summed E-state index contributed by atoms with van der Waals surface area (Å²) in [5.41, 5.74) is 7.31. The molecule has 0 spiro atoms. The number of amides is 2. The lowest BCUT2D eigenvalue weighted by Crippen LogP contribution is -2.47. The first kappa shape index (κ1) is 21.9. The lowest BCUT2D eigenvalue weighted by atomic mass is 10.1. The molecule has 162 valence electrons. The molecule has 3 rings (SSSR count). The van der Waals surface area contributed by atoms with Gasteiger partial charge in [-0.25, -0.2) is 0 Å². The summed E-state index contributed by atoms with van der Waals surface area (Å²) in [6.07, 6.45) is -4.99. The Kier molecular flexibility index (Phi) is 6.28. The smallest absolute Gasteiger partial charge is 0.406 e. The highest BCUT2D eigenvalue weighted by atomic mass is 19.4. The second kappa shape index (κ2) is 8.90. The molecule has 1 aromatic heterocycles. The first-order valence-electron chi connectivity index (χ1n) is 9.21. The van der Waals surface area contributed by atoms with Gasteiger partial charge in [0.1, 0.15) is 11.8 Å². The van der Waals surface area contributed by atoms with Crippen LogP contribution < -0.4 is 15.4 Å². The normalized spacial score (nSPS) is 12.3. The van der Waals surface area contributed by atoms with Gasteiger partial charge in [-0.2, -0.15) is 5.10 Å². The number of aromatic amines is 1. The number of nitrogens with zero attached hydrogens (tertiary/aromatic N) is 2. The molecule has 0 saturated carbocycles. The molecule has 1 heterocycles. The Balaban J connectivity index is 1.82. The molecule has 1 unspecified atom stereocenters. The molecule has 31 heavy (non-hydrogen) atoms. The fourth-order valence-electron chi connectivity index (χ4n) is 2.94. The lowest BCUT2D eigenvalue weighted by molar-refractivity contribution is -0.274. The van der Waals surface area contributed by atoms with Gasteiger partial charge in [-0.3, -0.25) is 19.6 Å². The number of carbonyl (C=O) groups is 2. The van der Waals surface area contributed by atoms with Crippen molar-refractivity contribution in [2.45, 2.75) is 25.7 Å². The zero-order valence-corrected chi connectivity index (χ0v) is 16.4. The summed E-state index contributed by atoms with van der Waals surface area (Å²) in [6, 6.07) is 14.8. The number of hydrogen-bond donors (Lipinski definition) is 2. The average Bonchev–Trinajstić information content (AvgIpc) is 3.19. The maximum atomic E-state index is 13.0. The number of aromatic nitrogens is 2. The number of ether oxygens (including phenoxy) is 1. The molecule has 3 aromatic rings. The maximum Gasteiger partial charge on any atom is 0.573 e. The van der Waals surface area contributed by atoms with E-state index in [1.807, 2.05) is 30.3 Å². The van der Waals surface area contributed by atoms with Gasteiger partial charge in [-0.15, -0.1) is 13.2 Å². The minimum Gasteiger partial charge on any atom is -0.406 e. The number of primary amides is 1. The Hall–Kier alpha value is -3.82. The fraction of sp³-hybridized carbons (Fsp3) is 0.190. The number of carbonyl (C=O) groups excluding carboxylic acids is 2. The largest absolute Gasteiger partial charge is 0.573 e. The fourth-order valence-corrected chi connectivity index (χ4v) is 2.94. The minimum atomic E-state index is -4.80. The van der Waals surface area contributed by atoms with Crippen LogP contribution in [0.15, 0.2) is 60.7 Å². The summed E-state index contributed by atoms with van der Waals surface area (Å²) in [7, 11) is 0. The summed E-state index contributed by atoms with van der Waals surface area (Å²) < 4.78 is 40.7. The van der Waals surface area contributed by atoms with Gasteiger partial charge in [0.15, 0.2) is 5.82 Å². The zero-order valence-electron chi connectivity index (χ0n) is 16.4. The van der Waals surface area contributed by atoms with Crippen LogP contribution in [0.2, 0.25) is 0 Å². The Morgan fingerprint density at radius 2 is 1.77 bits per heavy atom. The van der Waals surface area contributed by atoms with Crippen molar-refractivity contribution in [1.82, 2.24) is 10.2 Å². The van der Waals surface area contributed by atoms with Crippen molar-refractivity contribution in [2.75, 3.05) is 4.90 Å². The third kappa shape index (κ3) is 5.62. The molecule has 0 aliphatic carbocycles. The van der Waals surface area contributed by atoms with Crippen LogP contribution in [-0.4, -0.2) is 34.4 Å². The topological polar surface area (TPSA) is 101 Å². The number of nitrogens with one attached hydrogen (secondary N) is 1. The predicted molar refractivity (Wildman–Crippen MR) is 107 cm³/mol. The number of hydrogen-bond acceptors (Lipinski definition) is 4. The molecule has 1 atom stereocenters. The van der Waals surface area contributed by atoms with E-state index in [2.05, 4.69) is 14.9 Å². The van der Waals surface area contributed by atoms with Crippen LogP contribution in [-0.2, 0) is 16.0 Å². The SMILES string of the molecule is CC(C(N)=O)N(C(=O)Cc1ccc(OC(F)(F)F)cc1)c1cc(-c2ccccc2)[nH]n1. The Bertz CT molecular complexity index is 1050. The van der Waals surface area contributed by atoms with E-state index in [4.69, 9.17) is 5.73 Å². The second-order valence-electron chi connectivity index (χ2n) is 6.72. The number of benzene rings is 2. The third-order valence-corrected chi connectivity index (χ3v) is 4.48. The van der Waals surface area contributed by atoms with Gasteiger partial charge in [0, 0.05) is 6.07 Å². The first-order valence-corrected chi connectivity index (χ1v) is 9.21. The average molecular weight is 432 g/mol. The summed E-state index contributed by atoms with van der Waals surface area (Å²) >= 11 is 0. The second-order valence-corrected chi connectivity index (χ2v) is 6.72. The molecule has 0 fully saturated rings. The highest BCUT2D eigenvalue weighted by Crippen LogP contribution is 2.25. The molecular formula is C21H19F3N4O3. The van der Waals surface area contributed by atoms with Crippen molar-refractivity contribution >= 4 is 17.6 Å². The van der Waals surface area contributed by atoms with Gasteiger partial charge < -0.3 is 10.5 Å². The summed E-state index contributed by atoms with van der Waals surface area (Å²) in [4.78, 5) is 25.9. The van der Waals surface area contributed by atoms with Gasteiger partial charge in [-0.1, -0.05) is 42.5 Å². The van der Waals surface area contributed by atoms with Gasteiger partial charge >= 0.3 is 6.36 Å². The number of halogens is 3. The van der Waals surface area contributed by atoms with E-state index in [9.17, 15) is 22.8 Å². The van der Waals surface area contributed by atoms with Crippen LogP contribution >= 0.6 is 0 Å². The van der Waals surface area contributed by atoms with Gasteiger partial charge in [0.2, 0.25) is 11.8 Å².